The zero-order valence-corrected chi connectivity index (χ0v) is 10.7. The van der Waals surface area contributed by atoms with Crippen LogP contribution < -0.4 is 5.32 Å². The first-order valence-corrected chi connectivity index (χ1v) is 7.03. The molecular weight excluding hydrogens is 212 g/mol. The van der Waals surface area contributed by atoms with Gasteiger partial charge < -0.3 is 9.88 Å². The van der Waals surface area contributed by atoms with Crippen molar-refractivity contribution >= 4 is 0 Å². The van der Waals surface area contributed by atoms with Crippen molar-refractivity contribution < 1.29 is 0 Å². The first kappa shape index (κ1) is 11.2. The molecule has 0 aromatic carbocycles. The minimum atomic E-state index is 0.122. The highest BCUT2D eigenvalue weighted by Gasteiger charge is 2.39. The molecule has 1 atom stereocenters. The van der Waals surface area contributed by atoms with Crippen molar-refractivity contribution in [3.05, 3.63) is 11.6 Å². The van der Waals surface area contributed by atoms with Crippen molar-refractivity contribution in [1.82, 2.24) is 20.1 Å². The Balaban J connectivity index is 1.98. The van der Waals surface area contributed by atoms with Crippen molar-refractivity contribution in [2.75, 3.05) is 6.54 Å². The van der Waals surface area contributed by atoms with Gasteiger partial charge in [0.15, 0.2) is 5.82 Å². The van der Waals surface area contributed by atoms with E-state index in [1.54, 1.807) is 0 Å². The molecule has 4 nitrogen and oxygen atoms in total. The van der Waals surface area contributed by atoms with Crippen LogP contribution in [0.25, 0.3) is 0 Å². The maximum atomic E-state index is 4.52. The third-order valence-corrected chi connectivity index (χ3v) is 4.21. The summed E-state index contributed by atoms with van der Waals surface area (Å²) in [6.07, 6.45) is 8.53. The fourth-order valence-electron chi connectivity index (χ4n) is 3.41. The summed E-state index contributed by atoms with van der Waals surface area (Å²) in [5, 5.41) is 12.6. The molecule has 0 amide bonds. The average Bonchev–Trinajstić information content (AvgIpc) is 2.96. The summed E-state index contributed by atoms with van der Waals surface area (Å²) >= 11 is 0. The SMILES string of the molecule is CCCC1(c2nnc3n2CCCC3)CCCN1. The van der Waals surface area contributed by atoms with Crippen molar-refractivity contribution in [1.29, 1.82) is 0 Å². The average molecular weight is 234 g/mol. The summed E-state index contributed by atoms with van der Waals surface area (Å²) < 4.78 is 2.39. The second-order valence-electron chi connectivity index (χ2n) is 5.41. The minimum absolute atomic E-state index is 0.122. The van der Waals surface area contributed by atoms with E-state index in [-0.39, 0.29) is 5.54 Å². The Bertz CT molecular complexity index is 390. The number of nitrogens with one attached hydrogen (secondary N) is 1. The van der Waals surface area contributed by atoms with Gasteiger partial charge in [0, 0.05) is 13.0 Å². The summed E-state index contributed by atoms with van der Waals surface area (Å²) in [4.78, 5) is 0. The number of hydrogen-bond donors (Lipinski definition) is 1. The molecule has 0 bridgehead atoms. The van der Waals surface area contributed by atoms with Crippen LogP contribution in [0.5, 0.6) is 0 Å². The molecule has 0 saturated carbocycles. The molecule has 0 aliphatic carbocycles. The third kappa shape index (κ3) is 1.79. The quantitative estimate of drug-likeness (QED) is 0.869. The fraction of sp³-hybridized carbons (Fsp3) is 0.846. The van der Waals surface area contributed by atoms with Crippen LogP contribution in [0, 0.1) is 0 Å². The molecule has 2 aliphatic heterocycles. The summed E-state index contributed by atoms with van der Waals surface area (Å²) in [7, 11) is 0. The maximum Gasteiger partial charge on any atom is 0.153 e. The van der Waals surface area contributed by atoms with E-state index in [1.807, 2.05) is 0 Å². The Morgan fingerprint density at radius 2 is 2.24 bits per heavy atom. The van der Waals surface area contributed by atoms with Crippen LogP contribution >= 0.6 is 0 Å². The van der Waals surface area contributed by atoms with Crippen LogP contribution in [-0.4, -0.2) is 21.3 Å². The number of rotatable bonds is 3. The van der Waals surface area contributed by atoms with E-state index in [9.17, 15) is 0 Å². The third-order valence-electron chi connectivity index (χ3n) is 4.21. The zero-order valence-electron chi connectivity index (χ0n) is 10.7. The number of aromatic nitrogens is 3. The second kappa shape index (κ2) is 4.41. The van der Waals surface area contributed by atoms with E-state index >= 15 is 0 Å². The molecule has 1 saturated heterocycles. The first-order chi connectivity index (χ1) is 8.36. The normalized spacial score (nSPS) is 28.3. The maximum absolute atomic E-state index is 4.52. The van der Waals surface area contributed by atoms with Crippen LogP contribution in [-0.2, 0) is 18.5 Å². The molecule has 1 N–H and O–H groups in total. The molecule has 94 valence electrons. The highest BCUT2D eigenvalue weighted by atomic mass is 15.3. The van der Waals surface area contributed by atoms with E-state index in [0.29, 0.717) is 0 Å². The van der Waals surface area contributed by atoms with E-state index in [1.165, 1.54) is 50.2 Å². The molecule has 4 heteroatoms. The molecule has 3 heterocycles. The highest BCUT2D eigenvalue weighted by molar-refractivity contribution is 5.13. The Labute approximate surface area is 103 Å². The topological polar surface area (TPSA) is 42.7 Å². The number of nitrogens with zero attached hydrogens (tertiary/aromatic N) is 3. The standard InChI is InChI=1S/C13H22N4/c1-2-7-13(8-5-9-14-13)12-16-15-11-6-3-4-10-17(11)12/h14H,2-10H2,1H3. The Morgan fingerprint density at radius 3 is 3.00 bits per heavy atom. The Kier molecular flexibility index (Phi) is 2.90. The molecule has 3 rings (SSSR count). The molecule has 1 aromatic rings. The van der Waals surface area contributed by atoms with Crippen LogP contribution in [0.2, 0.25) is 0 Å². The fourth-order valence-corrected chi connectivity index (χ4v) is 3.41. The zero-order chi connectivity index (χ0) is 11.7. The monoisotopic (exact) mass is 234 g/mol. The van der Waals surface area contributed by atoms with Gasteiger partial charge in [-0.05, 0) is 38.6 Å². The largest absolute Gasteiger partial charge is 0.313 e. The van der Waals surface area contributed by atoms with Gasteiger partial charge >= 0.3 is 0 Å². The molecule has 2 aliphatic rings. The molecule has 1 fully saturated rings. The summed E-state index contributed by atoms with van der Waals surface area (Å²) in [5.74, 6) is 2.42. The molecule has 1 unspecified atom stereocenters. The van der Waals surface area contributed by atoms with Gasteiger partial charge in [0.25, 0.3) is 0 Å². The van der Waals surface area contributed by atoms with Gasteiger partial charge in [-0.1, -0.05) is 13.3 Å². The van der Waals surface area contributed by atoms with Gasteiger partial charge in [0.05, 0.1) is 5.54 Å². The van der Waals surface area contributed by atoms with E-state index in [4.69, 9.17) is 0 Å². The van der Waals surface area contributed by atoms with Gasteiger partial charge in [-0.25, -0.2) is 0 Å². The summed E-state index contributed by atoms with van der Waals surface area (Å²) in [5.41, 5.74) is 0.122. The Hall–Kier alpha value is -0.900. The van der Waals surface area contributed by atoms with Crippen LogP contribution in [0.3, 0.4) is 0 Å². The lowest BCUT2D eigenvalue weighted by molar-refractivity contribution is 0.313. The van der Waals surface area contributed by atoms with Crippen molar-refractivity contribution in [2.45, 2.75) is 64.0 Å². The molecule has 17 heavy (non-hydrogen) atoms. The second-order valence-corrected chi connectivity index (χ2v) is 5.41. The van der Waals surface area contributed by atoms with Crippen LogP contribution in [0.4, 0.5) is 0 Å². The van der Waals surface area contributed by atoms with Crippen molar-refractivity contribution in [3.63, 3.8) is 0 Å². The van der Waals surface area contributed by atoms with Gasteiger partial charge in [-0.2, -0.15) is 0 Å². The van der Waals surface area contributed by atoms with E-state index in [2.05, 4.69) is 27.0 Å². The summed E-state index contributed by atoms with van der Waals surface area (Å²) in [6, 6.07) is 0. The lowest BCUT2D eigenvalue weighted by Crippen LogP contribution is -2.40. The van der Waals surface area contributed by atoms with Gasteiger partial charge in [0.1, 0.15) is 5.82 Å². The lowest BCUT2D eigenvalue weighted by atomic mass is 9.90. The molecule has 1 aromatic heterocycles. The minimum Gasteiger partial charge on any atom is -0.313 e. The predicted octanol–water partition coefficient (Wildman–Crippen LogP) is 1.99. The van der Waals surface area contributed by atoms with Crippen LogP contribution in [0.1, 0.15) is 57.1 Å². The molecule has 0 radical (unpaired) electrons. The number of fused-ring (bicyclic) bond motifs is 1. The summed E-state index contributed by atoms with van der Waals surface area (Å²) in [6.45, 7) is 4.50. The van der Waals surface area contributed by atoms with Crippen molar-refractivity contribution in [2.24, 2.45) is 0 Å². The Morgan fingerprint density at radius 1 is 1.29 bits per heavy atom. The van der Waals surface area contributed by atoms with Crippen LogP contribution in [0.15, 0.2) is 0 Å². The van der Waals surface area contributed by atoms with Gasteiger partial charge in [0.2, 0.25) is 0 Å². The number of hydrogen-bond acceptors (Lipinski definition) is 3. The number of aryl methyl sites for hydroxylation is 1. The highest BCUT2D eigenvalue weighted by Crippen LogP contribution is 2.35. The van der Waals surface area contributed by atoms with Crippen molar-refractivity contribution in [3.8, 4) is 0 Å². The van der Waals surface area contributed by atoms with Gasteiger partial charge in [-0.15, -0.1) is 10.2 Å². The van der Waals surface area contributed by atoms with Gasteiger partial charge in [-0.3, -0.25) is 0 Å². The lowest BCUT2D eigenvalue weighted by Gasteiger charge is -2.30. The molecular formula is C13H22N4. The molecule has 0 spiro atoms. The van der Waals surface area contributed by atoms with E-state index < -0.39 is 0 Å². The predicted molar refractivity (Wildman–Crippen MR) is 66.8 cm³/mol. The van der Waals surface area contributed by atoms with E-state index in [0.717, 1.165) is 19.5 Å². The smallest absolute Gasteiger partial charge is 0.153 e. The first-order valence-electron chi connectivity index (χ1n) is 7.03.